The van der Waals surface area contributed by atoms with E-state index in [9.17, 15) is 19.3 Å². The minimum absolute atomic E-state index is 0.654. The lowest BCUT2D eigenvalue weighted by atomic mass is 10.3. The first kappa shape index (κ1) is 10.4. The van der Waals surface area contributed by atoms with Crippen molar-refractivity contribution in [3.63, 3.8) is 0 Å². The van der Waals surface area contributed by atoms with E-state index in [0.29, 0.717) is 0 Å². The molecular weight excluding hydrogens is 217 g/mol. The van der Waals surface area contributed by atoms with E-state index in [0.717, 1.165) is 18.2 Å². The summed E-state index contributed by atoms with van der Waals surface area (Å²) < 4.78 is 17.1. The summed E-state index contributed by atoms with van der Waals surface area (Å²) in [6.45, 7) is 0. The Labute approximate surface area is 82.2 Å². The van der Waals surface area contributed by atoms with E-state index in [1.165, 1.54) is 0 Å². The highest BCUT2D eigenvalue weighted by Gasteiger charge is 2.21. The fraction of sp³-hybridized carbons (Fsp3) is 0. The molecule has 1 rings (SSSR count). The smallest absolute Gasteiger partial charge is 0.404 e. The third kappa shape index (κ3) is 2.17. The van der Waals surface area contributed by atoms with E-state index in [1.54, 1.807) is 0 Å². The van der Waals surface area contributed by atoms with Crippen LogP contribution in [0.15, 0.2) is 18.2 Å². The van der Waals surface area contributed by atoms with Crippen molar-refractivity contribution in [1.82, 2.24) is 0 Å². The predicted molar refractivity (Wildman–Crippen MR) is 44.9 cm³/mol. The maximum atomic E-state index is 12.9. The van der Waals surface area contributed by atoms with Crippen molar-refractivity contribution >= 4 is 22.7 Å². The topological polar surface area (TPSA) is 69.4 Å². The van der Waals surface area contributed by atoms with Crippen LogP contribution in [0.4, 0.5) is 14.9 Å². The van der Waals surface area contributed by atoms with Crippen LogP contribution in [0.3, 0.4) is 0 Å². The number of carbonyl (C=O) groups is 1. The van der Waals surface area contributed by atoms with Crippen LogP contribution < -0.4 is 4.74 Å². The SMILES string of the molecule is O=C(Cl)Oc1c(F)cccc1[N+](=O)[O-]. The Morgan fingerprint density at radius 3 is 2.71 bits per heavy atom. The van der Waals surface area contributed by atoms with Gasteiger partial charge in [-0.15, -0.1) is 0 Å². The predicted octanol–water partition coefficient (Wildman–Crippen LogP) is 2.47. The number of nitrogens with zero attached hydrogens (tertiary/aromatic N) is 1. The molecule has 0 heterocycles. The molecule has 0 aromatic heterocycles. The highest BCUT2D eigenvalue weighted by Crippen LogP contribution is 2.29. The molecule has 0 N–H and O–H groups in total. The molecule has 0 aliphatic carbocycles. The number of nitro benzene ring substituents is 1. The van der Waals surface area contributed by atoms with Gasteiger partial charge in [-0.05, 0) is 6.07 Å². The summed E-state index contributed by atoms with van der Waals surface area (Å²) in [6.07, 6.45) is 0. The molecule has 14 heavy (non-hydrogen) atoms. The van der Waals surface area contributed by atoms with Crippen LogP contribution in [-0.4, -0.2) is 10.4 Å². The fourth-order valence-electron chi connectivity index (χ4n) is 0.823. The van der Waals surface area contributed by atoms with Gasteiger partial charge in [0.1, 0.15) is 0 Å². The number of carbonyl (C=O) groups excluding carboxylic acids is 1. The van der Waals surface area contributed by atoms with Crippen molar-refractivity contribution < 1.29 is 18.8 Å². The van der Waals surface area contributed by atoms with E-state index < -0.39 is 27.6 Å². The number of rotatable bonds is 2. The second kappa shape index (κ2) is 4.01. The summed E-state index contributed by atoms with van der Waals surface area (Å²) >= 11 is 4.81. The normalized spacial score (nSPS) is 9.57. The molecular formula is C7H3ClFNO4. The molecule has 7 heteroatoms. The zero-order chi connectivity index (χ0) is 10.7. The number of para-hydroxylation sites is 1. The van der Waals surface area contributed by atoms with Gasteiger partial charge in [0.2, 0.25) is 5.75 Å². The Morgan fingerprint density at radius 1 is 1.57 bits per heavy atom. The van der Waals surface area contributed by atoms with E-state index in [-0.39, 0.29) is 0 Å². The first-order valence-corrected chi connectivity index (χ1v) is 3.70. The van der Waals surface area contributed by atoms with Crippen molar-refractivity contribution in [2.45, 2.75) is 0 Å². The van der Waals surface area contributed by atoms with Gasteiger partial charge in [-0.25, -0.2) is 9.18 Å². The highest BCUT2D eigenvalue weighted by atomic mass is 35.5. The number of benzene rings is 1. The third-order valence-electron chi connectivity index (χ3n) is 1.33. The molecule has 0 radical (unpaired) electrons. The lowest BCUT2D eigenvalue weighted by Crippen LogP contribution is -2.02. The Morgan fingerprint density at radius 2 is 2.21 bits per heavy atom. The molecule has 0 saturated carbocycles. The van der Waals surface area contributed by atoms with Gasteiger partial charge in [0, 0.05) is 17.7 Å². The molecule has 1 aromatic rings. The Balaban J connectivity index is 3.22. The molecule has 0 aliphatic rings. The van der Waals surface area contributed by atoms with Crippen LogP contribution in [0, 0.1) is 15.9 Å². The highest BCUT2D eigenvalue weighted by molar-refractivity contribution is 6.61. The molecule has 0 amide bonds. The minimum atomic E-state index is -1.33. The summed E-state index contributed by atoms with van der Waals surface area (Å²) in [5.74, 6) is -1.80. The van der Waals surface area contributed by atoms with E-state index in [1.807, 2.05) is 0 Å². The number of halogens is 2. The van der Waals surface area contributed by atoms with Crippen molar-refractivity contribution in [3.05, 3.63) is 34.1 Å². The van der Waals surface area contributed by atoms with Crippen molar-refractivity contribution in [2.24, 2.45) is 0 Å². The first-order valence-electron chi connectivity index (χ1n) is 3.32. The van der Waals surface area contributed by atoms with E-state index >= 15 is 0 Å². The van der Waals surface area contributed by atoms with Gasteiger partial charge in [-0.1, -0.05) is 6.07 Å². The average molecular weight is 220 g/mol. The lowest BCUT2D eigenvalue weighted by molar-refractivity contribution is -0.385. The third-order valence-corrected chi connectivity index (χ3v) is 1.40. The summed E-state index contributed by atoms with van der Waals surface area (Å²) in [6, 6.07) is 3.04. The monoisotopic (exact) mass is 219 g/mol. The molecule has 0 bridgehead atoms. The molecule has 0 fully saturated rings. The van der Waals surface area contributed by atoms with Crippen LogP contribution in [0.1, 0.15) is 0 Å². The molecule has 0 spiro atoms. The van der Waals surface area contributed by atoms with E-state index in [2.05, 4.69) is 4.74 Å². The Hall–Kier alpha value is -1.69. The van der Waals surface area contributed by atoms with Gasteiger partial charge in [0.05, 0.1) is 4.92 Å². The Kier molecular flexibility index (Phi) is 2.98. The van der Waals surface area contributed by atoms with Crippen LogP contribution >= 0.6 is 11.6 Å². The van der Waals surface area contributed by atoms with Gasteiger partial charge in [-0.2, -0.15) is 0 Å². The molecule has 1 aromatic carbocycles. The van der Waals surface area contributed by atoms with Crippen LogP contribution in [0.5, 0.6) is 5.75 Å². The summed E-state index contributed by atoms with van der Waals surface area (Å²) in [5.41, 5.74) is -1.99. The van der Waals surface area contributed by atoms with Crippen molar-refractivity contribution in [1.29, 1.82) is 0 Å². The second-order valence-electron chi connectivity index (χ2n) is 2.18. The number of ether oxygens (including phenoxy) is 1. The van der Waals surface area contributed by atoms with Gasteiger partial charge < -0.3 is 4.74 Å². The van der Waals surface area contributed by atoms with Crippen LogP contribution in [-0.2, 0) is 0 Å². The van der Waals surface area contributed by atoms with Crippen LogP contribution in [0.2, 0.25) is 0 Å². The van der Waals surface area contributed by atoms with Gasteiger partial charge in [0.15, 0.2) is 5.82 Å². The van der Waals surface area contributed by atoms with Crippen LogP contribution in [0.25, 0.3) is 0 Å². The molecule has 0 saturated heterocycles. The van der Waals surface area contributed by atoms with Crippen molar-refractivity contribution in [3.8, 4) is 5.75 Å². The summed E-state index contributed by atoms with van der Waals surface area (Å²) in [5, 5.41) is 10.4. The average Bonchev–Trinajstić information content (AvgIpc) is 2.07. The molecule has 0 unspecified atom stereocenters. The van der Waals surface area contributed by atoms with Gasteiger partial charge in [-0.3, -0.25) is 10.1 Å². The van der Waals surface area contributed by atoms with Crippen molar-refractivity contribution in [2.75, 3.05) is 0 Å². The largest absolute Gasteiger partial charge is 0.409 e. The standard InChI is InChI=1S/C7H3ClFNO4/c8-7(11)14-6-4(9)2-1-3-5(6)10(12)13/h1-3H. The second-order valence-corrected chi connectivity index (χ2v) is 2.49. The Bertz CT molecular complexity index is 395. The molecule has 0 aliphatic heterocycles. The molecule has 74 valence electrons. The zero-order valence-electron chi connectivity index (χ0n) is 6.57. The quantitative estimate of drug-likeness (QED) is 0.435. The first-order chi connectivity index (χ1) is 6.52. The minimum Gasteiger partial charge on any atom is -0.404 e. The number of hydrogen-bond acceptors (Lipinski definition) is 4. The van der Waals surface area contributed by atoms with Gasteiger partial charge >= 0.3 is 11.1 Å². The fourth-order valence-corrected chi connectivity index (χ4v) is 0.900. The zero-order valence-corrected chi connectivity index (χ0v) is 7.32. The van der Waals surface area contributed by atoms with E-state index in [4.69, 9.17) is 11.6 Å². The molecule has 0 atom stereocenters. The molecule has 5 nitrogen and oxygen atoms in total. The number of hydrogen-bond donors (Lipinski definition) is 0. The maximum absolute atomic E-state index is 12.9. The summed E-state index contributed by atoms with van der Waals surface area (Å²) in [7, 11) is 0. The number of nitro groups is 1. The summed E-state index contributed by atoms with van der Waals surface area (Å²) in [4.78, 5) is 19.8. The lowest BCUT2D eigenvalue weighted by Gasteiger charge is -2.01. The van der Waals surface area contributed by atoms with Gasteiger partial charge in [0.25, 0.3) is 0 Å². The maximum Gasteiger partial charge on any atom is 0.409 e.